The van der Waals surface area contributed by atoms with Gasteiger partial charge in [-0.15, -0.1) is 11.6 Å². The molecule has 124 valence electrons. The fourth-order valence-corrected chi connectivity index (χ4v) is 2.90. The molecule has 3 saturated heterocycles. The Kier molecular flexibility index (Phi) is 4.53. The van der Waals surface area contributed by atoms with E-state index in [4.69, 9.17) is 35.3 Å². The van der Waals surface area contributed by atoms with Crippen LogP contribution in [0.4, 0.5) is 0 Å². The molecular weight excluding hydrogens is 324 g/mol. The SMILES string of the molecule is COC(=O)C1OCC(C2OC3OC(C(=O)OC)OC3C2Cl)O1. The van der Waals surface area contributed by atoms with Crippen LogP contribution in [0.15, 0.2) is 0 Å². The Balaban J connectivity index is 1.59. The standard InChI is InChI=1S/C12H15ClO9/c1-16-8(14)11-18-3-4(19-11)6-5(13)7-10(20-6)22-12(21-7)9(15)17-2/h4-7,10-12H,3H2,1-2H3. The Hall–Kier alpha value is -0.970. The average molecular weight is 339 g/mol. The molecule has 0 bridgehead atoms. The summed E-state index contributed by atoms with van der Waals surface area (Å²) in [4.78, 5) is 22.7. The number of fused-ring (bicyclic) bond motifs is 1. The number of hydrogen-bond donors (Lipinski definition) is 0. The van der Waals surface area contributed by atoms with Gasteiger partial charge in [-0.1, -0.05) is 0 Å². The van der Waals surface area contributed by atoms with Crippen molar-refractivity contribution in [1.82, 2.24) is 0 Å². The smallest absolute Gasteiger partial charge is 0.363 e. The van der Waals surface area contributed by atoms with Crippen molar-refractivity contribution in [3.63, 3.8) is 0 Å². The van der Waals surface area contributed by atoms with Crippen molar-refractivity contribution in [2.75, 3.05) is 20.8 Å². The van der Waals surface area contributed by atoms with Crippen molar-refractivity contribution in [3.05, 3.63) is 0 Å². The summed E-state index contributed by atoms with van der Waals surface area (Å²) in [5.74, 6) is -1.30. The Morgan fingerprint density at radius 2 is 1.64 bits per heavy atom. The van der Waals surface area contributed by atoms with Crippen molar-refractivity contribution >= 4 is 23.5 Å². The highest BCUT2D eigenvalue weighted by molar-refractivity contribution is 6.21. The van der Waals surface area contributed by atoms with Crippen LogP contribution in [0.1, 0.15) is 0 Å². The maximum Gasteiger partial charge on any atom is 0.363 e. The molecule has 0 N–H and O–H groups in total. The summed E-state index contributed by atoms with van der Waals surface area (Å²) in [7, 11) is 2.46. The van der Waals surface area contributed by atoms with Gasteiger partial charge in [-0.05, 0) is 0 Å². The molecule has 7 atom stereocenters. The minimum Gasteiger partial charge on any atom is -0.465 e. The van der Waals surface area contributed by atoms with E-state index in [9.17, 15) is 9.59 Å². The molecule has 10 heteroatoms. The van der Waals surface area contributed by atoms with E-state index in [0.29, 0.717) is 0 Å². The average Bonchev–Trinajstić information content (AvgIpc) is 3.21. The molecule has 0 spiro atoms. The molecule has 7 unspecified atom stereocenters. The summed E-state index contributed by atoms with van der Waals surface area (Å²) in [6.07, 6.45) is -4.89. The number of methoxy groups -OCH3 is 2. The number of esters is 2. The van der Waals surface area contributed by atoms with Crippen LogP contribution in [-0.2, 0) is 42.7 Å². The molecule has 3 heterocycles. The fraction of sp³-hybridized carbons (Fsp3) is 0.833. The summed E-state index contributed by atoms with van der Waals surface area (Å²) >= 11 is 6.30. The van der Waals surface area contributed by atoms with E-state index in [1.54, 1.807) is 0 Å². The fourth-order valence-electron chi connectivity index (χ4n) is 2.50. The van der Waals surface area contributed by atoms with Crippen molar-refractivity contribution < 1.29 is 42.7 Å². The van der Waals surface area contributed by atoms with Gasteiger partial charge >= 0.3 is 11.9 Å². The highest BCUT2D eigenvalue weighted by atomic mass is 35.5. The lowest BCUT2D eigenvalue weighted by Crippen LogP contribution is -2.39. The third kappa shape index (κ3) is 2.68. The number of carbonyl (C=O) groups excluding carboxylic acids is 2. The van der Waals surface area contributed by atoms with Gasteiger partial charge in [-0.2, -0.15) is 0 Å². The van der Waals surface area contributed by atoms with Crippen LogP contribution >= 0.6 is 11.6 Å². The quantitative estimate of drug-likeness (QED) is 0.481. The van der Waals surface area contributed by atoms with E-state index in [2.05, 4.69) is 9.47 Å². The Bertz CT molecular complexity index is 458. The van der Waals surface area contributed by atoms with E-state index < -0.39 is 54.5 Å². The Morgan fingerprint density at radius 3 is 2.27 bits per heavy atom. The van der Waals surface area contributed by atoms with Gasteiger partial charge in [0.15, 0.2) is 6.29 Å². The monoisotopic (exact) mass is 338 g/mol. The maximum absolute atomic E-state index is 11.4. The van der Waals surface area contributed by atoms with E-state index in [0.717, 1.165) is 0 Å². The van der Waals surface area contributed by atoms with E-state index in [1.165, 1.54) is 14.2 Å². The largest absolute Gasteiger partial charge is 0.465 e. The lowest BCUT2D eigenvalue weighted by molar-refractivity contribution is -0.200. The second-order valence-corrected chi connectivity index (χ2v) is 5.37. The zero-order chi connectivity index (χ0) is 15.9. The van der Waals surface area contributed by atoms with Gasteiger partial charge in [0, 0.05) is 0 Å². The second-order valence-electron chi connectivity index (χ2n) is 4.87. The first kappa shape index (κ1) is 15.9. The van der Waals surface area contributed by atoms with Crippen LogP contribution in [0, 0.1) is 0 Å². The molecule has 0 aromatic rings. The summed E-state index contributed by atoms with van der Waals surface area (Å²) < 4.78 is 36.0. The van der Waals surface area contributed by atoms with Crippen LogP contribution in [0.3, 0.4) is 0 Å². The van der Waals surface area contributed by atoms with Gasteiger partial charge in [0.25, 0.3) is 12.6 Å². The highest BCUT2D eigenvalue weighted by Gasteiger charge is 2.57. The normalized spacial score (nSPS) is 43.9. The molecule has 0 saturated carbocycles. The van der Waals surface area contributed by atoms with E-state index in [-0.39, 0.29) is 6.61 Å². The molecule has 0 radical (unpaired) electrons. The molecule has 3 aliphatic heterocycles. The van der Waals surface area contributed by atoms with Gasteiger partial charge in [-0.3, -0.25) is 0 Å². The minimum absolute atomic E-state index is 0.119. The summed E-state index contributed by atoms with van der Waals surface area (Å²) in [6, 6.07) is 0. The third-order valence-corrected chi connectivity index (χ3v) is 4.09. The van der Waals surface area contributed by atoms with Crippen LogP contribution in [0.2, 0.25) is 0 Å². The number of halogens is 1. The number of alkyl halides is 1. The molecule has 0 aliphatic carbocycles. The topological polar surface area (TPSA) is 98.8 Å². The molecule has 3 fully saturated rings. The molecule has 3 rings (SSSR count). The summed E-state index contributed by atoms with van der Waals surface area (Å²) in [5.41, 5.74) is 0. The first-order valence-electron chi connectivity index (χ1n) is 6.58. The predicted molar refractivity (Wildman–Crippen MR) is 66.7 cm³/mol. The minimum atomic E-state index is -1.16. The first-order chi connectivity index (χ1) is 10.5. The third-order valence-electron chi connectivity index (χ3n) is 3.59. The highest BCUT2D eigenvalue weighted by Crippen LogP contribution is 2.38. The molecule has 0 aromatic carbocycles. The predicted octanol–water partition coefficient (Wildman–Crippen LogP) is -0.852. The van der Waals surface area contributed by atoms with Crippen molar-refractivity contribution in [2.24, 2.45) is 0 Å². The van der Waals surface area contributed by atoms with Crippen LogP contribution in [-0.4, -0.2) is 75.3 Å². The Morgan fingerprint density at radius 1 is 0.955 bits per heavy atom. The zero-order valence-corrected chi connectivity index (χ0v) is 12.6. The van der Waals surface area contributed by atoms with E-state index in [1.807, 2.05) is 0 Å². The lowest BCUT2D eigenvalue weighted by Gasteiger charge is -2.21. The molecule has 0 amide bonds. The zero-order valence-electron chi connectivity index (χ0n) is 11.8. The molecule has 3 aliphatic rings. The summed E-state index contributed by atoms with van der Waals surface area (Å²) in [5, 5.41) is -0.635. The van der Waals surface area contributed by atoms with Gasteiger partial charge in [0.1, 0.15) is 18.3 Å². The first-order valence-corrected chi connectivity index (χ1v) is 7.02. The number of rotatable bonds is 3. The molecule has 0 aromatic heterocycles. The van der Waals surface area contributed by atoms with Crippen LogP contribution in [0.5, 0.6) is 0 Å². The second kappa shape index (κ2) is 6.26. The van der Waals surface area contributed by atoms with Crippen molar-refractivity contribution in [3.8, 4) is 0 Å². The molecular formula is C12H15ClO9. The summed E-state index contributed by atoms with van der Waals surface area (Å²) in [6.45, 7) is 0.119. The van der Waals surface area contributed by atoms with Crippen LogP contribution < -0.4 is 0 Å². The van der Waals surface area contributed by atoms with E-state index >= 15 is 0 Å². The van der Waals surface area contributed by atoms with Gasteiger partial charge in [0.2, 0.25) is 0 Å². The van der Waals surface area contributed by atoms with Crippen molar-refractivity contribution in [1.29, 1.82) is 0 Å². The Labute approximate surface area is 130 Å². The molecule has 9 nitrogen and oxygen atoms in total. The molecule has 22 heavy (non-hydrogen) atoms. The van der Waals surface area contributed by atoms with Gasteiger partial charge in [-0.25, -0.2) is 9.59 Å². The van der Waals surface area contributed by atoms with Gasteiger partial charge in [0.05, 0.1) is 26.2 Å². The van der Waals surface area contributed by atoms with Crippen LogP contribution in [0.25, 0.3) is 0 Å². The lowest BCUT2D eigenvalue weighted by atomic mass is 10.1. The number of carbonyl (C=O) groups is 2. The number of ether oxygens (including phenoxy) is 7. The van der Waals surface area contributed by atoms with Crippen molar-refractivity contribution in [2.45, 2.75) is 42.6 Å². The van der Waals surface area contributed by atoms with Gasteiger partial charge < -0.3 is 33.2 Å². The number of hydrogen-bond acceptors (Lipinski definition) is 9. The maximum atomic E-state index is 11.4.